The highest BCUT2D eigenvalue weighted by Crippen LogP contribution is 2.23. The van der Waals surface area contributed by atoms with Crippen molar-refractivity contribution in [1.29, 1.82) is 0 Å². The van der Waals surface area contributed by atoms with Gasteiger partial charge in [-0.2, -0.15) is 0 Å². The zero-order chi connectivity index (χ0) is 17.4. The Hall–Kier alpha value is -2.14. The fourth-order valence-electron chi connectivity index (χ4n) is 2.05. The maximum atomic E-state index is 12.1. The van der Waals surface area contributed by atoms with Crippen molar-refractivity contribution in [3.63, 3.8) is 0 Å². The Bertz CT molecular complexity index is 658. The molecule has 2 aromatic carbocycles. The van der Waals surface area contributed by atoms with Crippen LogP contribution in [0.2, 0.25) is 0 Å². The Balaban J connectivity index is 1.71. The maximum absolute atomic E-state index is 12.1. The van der Waals surface area contributed by atoms with Gasteiger partial charge in [0.15, 0.2) is 0 Å². The van der Waals surface area contributed by atoms with Crippen LogP contribution in [0.1, 0.15) is 12.5 Å². The average molecular weight is 345 g/mol. The Labute approximate surface area is 147 Å². The fourth-order valence-corrected chi connectivity index (χ4v) is 2.94. The molecule has 0 bridgehead atoms. The minimum absolute atomic E-state index is 0.00909. The smallest absolute Gasteiger partial charge is 0.233 e. The fraction of sp³-hybridized carbons (Fsp3) is 0.316. The van der Waals surface area contributed by atoms with Gasteiger partial charge in [-0.3, -0.25) is 4.79 Å². The van der Waals surface area contributed by atoms with Crippen molar-refractivity contribution in [3.8, 4) is 11.5 Å². The van der Waals surface area contributed by atoms with Gasteiger partial charge in [0.05, 0.1) is 18.9 Å². The largest absolute Gasteiger partial charge is 0.497 e. The molecule has 1 amide bonds. The van der Waals surface area contributed by atoms with Crippen LogP contribution >= 0.6 is 11.8 Å². The van der Waals surface area contributed by atoms with Crippen LogP contribution in [0.3, 0.4) is 0 Å². The zero-order valence-electron chi connectivity index (χ0n) is 14.2. The van der Waals surface area contributed by atoms with Crippen LogP contribution in [0.25, 0.3) is 0 Å². The van der Waals surface area contributed by atoms with E-state index in [2.05, 4.69) is 17.4 Å². The Morgan fingerprint density at radius 2 is 1.88 bits per heavy atom. The standard InChI is InChI=1S/C19H23NO3S/c1-14-7-9-18(10-8-14)24-15(2)19(21)20-11-12-23-17-6-4-5-16(13-17)22-3/h4-10,13,15H,11-12H2,1-3H3,(H,20,21)/t15-/m0/s1. The number of amides is 1. The summed E-state index contributed by atoms with van der Waals surface area (Å²) in [7, 11) is 1.62. The molecule has 4 nitrogen and oxygen atoms in total. The summed E-state index contributed by atoms with van der Waals surface area (Å²) in [5.41, 5.74) is 1.21. The SMILES string of the molecule is COc1cccc(OCCNC(=O)[C@H](C)Sc2ccc(C)cc2)c1. The highest BCUT2D eigenvalue weighted by atomic mass is 32.2. The van der Waals surface area contributed by atoms with E-state index in [0.29, 0.717) is 13.2 Å². The second-order valence-electron chi connectivity index (χ2n) is 5.39. The molecule has 128 valence electrons. The van der Waals surface area contributed by atoms with Gasteiger partial charge in [-0.25, -0.2) is 0 Å². The number of aryl methyl sites for hydroxylation is 1. The number of ether oxygens (including phenoxy) is 2. The van der Waals surface area contributed by atoms with E-state index in [0.717, 1.165) is 16.4 Å². The monoisotopic (exact) mass is 345 g/mol. The lowest BCUT2D eigenvalue weighted by molar-refractivity contribution is -0.120. The molecule has 0 aliphatic heterocycles. The first-order chi connectivity index (χ1) is 11.6. The van der Waals surface area contributed by atoms with Crippen LogP contribution in [0.15, 0.2) is 53.4 Å². The first-order valence-corrected chi connectivity index (χ1v) is 8.74. The number of carbonyl (C=O) groups excluding carboxylic acids is 1. The van der Waals surface area contributed by atoms with Crippen LogP contribution in [0, 0.1) is 6.92 Å². The molecule has 0 spiro atoms. The predicted octanol–water partition coefficient (Wildman–Crippen LogP) is 3.68. The predicted molar refractivity (Wildman–Crippen MR) is 98.0 cm³/mol. The third kappa shape index (κ3) is 5.81. The summed E-state index contributed by atoms with van der Waals surface area (Å²) < 4.78 is 10.8. The summed E-state index contributed by atoms with van der Waals surface area (Å²) in [5.74, 6) is 1.49. The van der Waals surface area contributed by atoms with Crippen molar-refractivity contribution < 1.29 is 14.3 Å². The summed E-state index contributed by atoms with van der Waals surface area (Å²) in [6.45, 7) is 4.84. The molecule has 0 radical (unpaired) electrons. The molecule has 0 fully saturated rings. The molecular weight excluding hydrogens is 322 g/mol. The second-order valence-corrected chi connectivity index (χ2v) is 6.81. The topological polar surface area (TPSA) is 47.6 Å². The van der Waals surface area contributed by atoms with Gasteiger partial charge >= 0.3 is 0 Å². The van der Waals surface area contributed by atoms with Gasteiger partial charge in [-0.15, -0.1) is 11.8 Å². The van der Waals surface area contributed by atoms with Crippen LogP contribution < -0.4 is 14.8 Å². The Morgan fingerprint density at radius 3 is 2.58 bits per heavy atom. The molecule has 5 heteroatoms. The van der Waals surface area contributed by atoms with E-state index >= 15 is 0 Å². The van der Waals surface area contributed by atoms with Crippen molar-refractivity contribution in [2.75, 3.05) is 20.3 Å². The summed E-state index contributed by atoms with van der Waals surface area (Å²) in [6, 6.07) is 15.6. The van der Waals surface area contributed by atoms with E-state index in [1.165, 1.54) is 5.56 Å². The molecule has 1 N–H and O–H groups in total. The van der Waals surface area contributed by atoms with E-state index < -0.39 is 0 Å². The van der Waals surface area contributed by atoms with E-state index in [4.69, 9.17) is 9.47 Å². The lowest BCUT2D eigenvalue weighted by Gasteiger charge is -2.13. The Kier molecular flexibility index (Phi) is 7.00. The summed E-state index contributed by atoms with van der Waals surface area (Å²) in [4.78, 5) is 13.2. The lowest BCUT2D eigenvalue weighted by atomic mass is 10.2. The molecule has 24 heavy (non-hydrogen) atoms. The van der Waals surface area contributed by atoms with Crippen molar-refractivity contribution in [2.45, 2.75) is 24.0 Å². The molecular formula is C19H23NO3S. The highest BCUT2D eigenvalue weighted by molar-refractivity contribution is 8.00. The number of hydrogen-bond donors (Lipinski definition) is 1. The van der Waals surface area contributed by atoms with E-state index in [1.54, 1.807) is 18.9 Å². The molecule has 0 aromatic heterocycles. The van der Waals surface area contributed by atoms with E-state index in [-0.39, 0.29) is 11.2 Å². The summed E-state index contributed by atoms with van der Waals surface area (Å²) in [6.07, 6.45) is 0. The van der Waals surface area contributed by atoms with Gasteiger partial charge in [-0.1, -0.05) is 23.8 Å². The minimum atomic E-state index is -0.149. The van der Waals surface area contributed by atoms with Gasteiger partial charge in [0.25, 0.3) is 0 Å². The van der Waals surface area contributed by atoms with Crippen LogP contribution in [-0.4, -0.2) is 31.4 Å². The summed E-state index contributed by atoms with van der Waals surface area (Å²) >= 11 is 1.55. The number of nitrogens with one attached hydrogen (secondary N) is 1. The van der Waals surface area contributed by atoms with Gasteiger partial charge in [0.2, 0.25) is 5.91 Å². The zero-order valence-corrected chi connectivity index (χ0v) is 15.1. The van der Waals surface area contributed by atoms with Gasteiger partial charge in [0, 0.05) is 11.0 Å². The average Bonchev–Trinajstić information content (AvgIpc) is 2.60. The molecule has 0 saturated carbocycles. The first kappa shape index (κ1) is 18.2. The van der Waals surface area contributed by atoms with E-state index in [9.17, 15) is 4.79 Å². The van der Waals surface area contributed by atoms with Crippen LogP contribution in [0.4, 0.5) is 0 Å². The number of benzene rings is 2. The minimum Gasteiger partial charge on any atom is -0.497 e. The van der Waals surface area contributed by atoms with Crippen molar-refractivity contribution >= 4 is 17.7 Å². The first-order valence-electron chi connectivity index (χ1n) is 7.86. The number of thioether (sulfide) groups is 1. The van der Waals surface area contributed by atoms with Crippen molar-refractivity contribution in [1.82, 2.24) is 5.32 Å². The van der Waals surface area contributed by atoms with Gasteiger partial charge in [-0.05, 0) is 38.1 Å². The lowest BCUT2D eigenvalue weighted by Crippen LogP contribution is -2.33. The molecule has 2 rings (SSSR count). The Morgan fingerprint density at radius 1 is 1.17 bits per heavy atom. The molecule has 0 aliphatic carbocycles. The highest BCUT2D eigenvalue weighted by Gasteiger charge is 2.13. The van der Waals surface area contributed by atoms with Crippen molar-refractivity contribution in [2.24, 2.45) is 0 Å². The molecule has 2 aromatic rings. The third-order valence-electron chi connectivity index (χ3n) is 3.41. The summed E-state index contributed by atoms with van der Waals surface area (Å²) in [5, 5.41) is 2.75. The molecule has 1 atom stereocenters. The van der Waals surface area contributed by atoms with Gasteiger partial charge in [0.1, 0.15) is 18.1 Å². The molecule has 0 aliphatic rings. The second kappa shape index (κ2) is 9.23. The van der Waals surface area contributed by atoms with Crippen LogP contribution in [-0.2, 0) is 4.79 Å². The number of methoxy groups -OCH3 is 1. The molecule has 0 unspecified atom stereocenters. The molecule has 0 saturated heterocycles. The van der Waals surface area contributed by atoms with E-state index in [1.807, 2.05) is 50.2 Å². The maximum Gasteiger partial charge on any atom is 0.233 e. The van der Waals surface area contributed by atoms with Crippen molar-refractivity contribution in [3.05, 3.63) is 54.1 Å². The van der Waals surface area contributed by atoms with Gasteiger partial charge < -0.3 is 14.8 Å². The number of rotatable bonds is 8. The number of carbonyl (C=O) groups is 1. The third-order valence-corrected chi connectivity index (χ3v) is 4.53. The normalized spacial score (nSPS) is 11.6. The quantitative estimate of drug-likeness (QED) is 0.586. The molecule has 0 heterocycles. The van der Waals surface area contributed by atoms with Crippen LogP contribution in [0.5, 0.6) is 11.5 Å². The number of hydrogen-bond acceptors (Lipinski definition) is 4.